The summed E-state index contributed by atoms with van der Waals surface area (Å²) < 4.78 is 30.2. The molecule has 3 amide bonds. The third kappa shape index (κ3) is 6.53. The van der Waals surface area contributed by atoms with Crippen LogP contribution in [0.2, 0.25) is 0 Å². The van der Waals surface area contributed by atoms with Crippen molar-refractivity contribution in [1.82, 2.24) is 20.1 Å². The molecule has 0 radical (unpaired) electrons. The third-order valence-electron chi connectivity index (χ3n) is 5.17. The van der Waals surface area contributed by atoms with Crippen molar-refractivity contribution in [3.8, 4) is 5.75 Å². The fourth-order valence-corrected chi connectivity index (χ4v) is 3.71. The monoisotopic (exact) mass is 462 g/mol. The Balaban J connectivity index is 1.83. The predicted octanol–water partition coefficient (Wildman–Crippen LogP) is 3.02. The normalized spacial score (nSPS) is 13.5. The number of aromatic amines is 1. The lowest BCUT2D eigenvalue weighted by atomic mass is 10.1. The predicted molar refractivity (Wildman–Crippen MR) is 117 cm³/mol. The van der Waals surface area contributed by atoms with Crippen molar-refractivity contribution in [3.05, 3.63) is 53.3 Å². The molecule has 0 bridgehead atoms. The highest BCUT2D eigenvalue weighted by atomic mass is 19.3. The van der Waals surface area contributed by atoms with Crippen LogP contribution in [0, 0.1) is 0 Å². The van der Waals surface area contributed by atoms with Crippen LogP contribution >= 0.6 is 0 Å². The van der Waals surface area contributed by atoms with E-state index in [1.54, 1.807) is 36.9 Å². The maximum Gasteiger partial charge on any atom is 0.387 e. The number of carbonyl (C=O) groups excluding carboxylic acids is 3. The van der Waals surface area contributed by atoms with Crippen molar-refractivity contribution in [2.45, 2.75) is 45.9 Å². The fraction of sp³-hybridized carbons (Fsp3) is 0.435. The first kappa shape index (κ1) is 24.2. The molecule has 0 aliphatic carbocycles. The van der Waals surface area contributed by atoms with Crippen LogP contribution < -0.4 is 10.1 Å². The van der Waals surface area contributed by atoms with E-state index in [9.17, 15) is 23.2 Å². The summed E-state index contributed by atoms with van der Waals surface area (Å²) in [5.74, 6) is -1.17. The van der Waals surface area contributed by atoms with Gasteiger partial charge in [0.15, 0.2) is 0 Å². The second-order valence-corrected chi connectivity index (χ2v) is 8.17. The quantitative estimate of drug-likeness (QED) is 0.599. The Labute approximate surface area is 190 Å². The lowest BCUT2D eigenvalue weighted by molar-refractivity contribution is -0.122. The molecule has 178 valence electrons. The van der Waals surface area contributed by atoms with Crippen LogP contribution in [-0.2, 0) is 11.3 Å². The van der Waals surface area contributed by atoms with E-state index in [1.807, 2.05) is 0 Å². The van der Waals surface area contributed by atoms with Gasteiger partial charge in [-0.3, -0.25) is 14.4 Å². The number of likely N-dealkylation sites (tertiary alicyclic amines) is 1. The Morgan fingerprint density at radius 2 is 1.88 bits per heavy atom. The zero-order valence-corrected chi connectivity index (χ0v) is 18.6. The Morgan fingerprint density at radius 3 is 2.55 bits per heavy atom. The standard InChI is InChI=1S/C23H28F2N4O4/c1-15(2)27-20(30)14-29(13-16-7-3-4-8-19(16)33-23(24)25)21(31)17-11-18(26-12-17)22(32)28-9-5-6-10-28/h3-4,7-8,11-12,15,23,26H,5-6,9-10,13-14H2,1-2H3,(H,27,30). The number of aromatic nitrogens is 1. The lowest BCUT2D eigenvalue weighted by Gasteiger charge is -2.23. The highest BCUT2D eigenvalue weighted by molar-refractivity contribution is 6.00. The van der Waals surface area contributed by atoms with Gasteiger partial charge in [-0.15, -0.1) is 0 Å². The number of nitrogens with one attached hydrogen (secondary N) is 2. The van der Waals surface area contributed by atoms with Crippen LogP contribution in [0.25, 0.3) is 0 Å². The topological polar surface area (TPSA) is 94.7 Å². The second-order valence-electron chi connectivity index (χ2n) is 8.17. The number of benzene rings is 1. The number of hydrogen-bond donors (Lipinski definition) is 2. The van der Waals surface area contributed by atoms with E-state index in [-0.39, 0.29) is 42.0 Å². The van der Waals surface area contributed by atoms with Gasteiger partial charge in [0.05, 0.1) is 12.1 Å². The average molecular weight is 462 g/mol. The molecule has 0 saturated carbocycles. The van der Waals surface area contributed by atoms with Crippen molar-refractivity contribution >= 4 is 17.7 Å². The average Bonchev–Trinajstić information content (AvgIpc) is 3.45. The lowest BCUT2D eigenvalue weighted by Crippen LogP contribution is -2.42. The van der Waals surface area contributed by atoms with Gasteiger partial charge in [-0.2, -0.15) is 8.78 Å². The van der Waals surface area contributed by atoms with Crippen LogP contribution in [-0.4, -0.2) is 64.8 Å². The summed E-state index contributed by atoms with van der Waals surface area (Å²) in [7, 11) is 0. The minimum atomic E-state index is -3.02. The van der Waals surface area contributed by atoms with Crippen molar-refractivity contribution < 1.29 is 27.9 Å². The first-order chi connectivity index (χ1) is 15.7. The maximum absolute atomic E-state index is 13.3. The Morgan fingerprint density at radius 1 is 1.18 bits per heavy atom. The van der Waals surface area contributed by atoms with Crippen molar-refractivity contribution in [2.24, 2.45) is 0 Å². The fourth-order valence-electron chi connectivity index (χ4n) is 3.71. The van der Waals surface area contributed by atoms with Gasteiger partial charge < -0.3 is 24.8 Å². The van der Waals surface area contributed by atoms with E-state index in [2.05, 4.69) is 15.0 Å². The van der Waals surface area contributed by atoms with Gasteiger partial charge in [-0.25, -0.2) is 0 Å². The van der Waals surface area contributed by atoms with E-state index in [4.69, 9.17) is 0 Å². The van der Waals surface area contributed by atoms with E-state index < -0.39 is 18.4 Å². The molecule has 1 aromatic carbocycles. The molecule has 0 unspecified atom stereocenters. The summed E-state index contributed by atoms with van der Waals surface area (Å²) in [5.41, 5.74) is 0.808. The molecule has 0 atom stereocenters. The SMILES string of the molecule is CC(C)NC(=O)CN(Cc1ccccc1OC(F)F)C(=O)c1c[nH]c(C(=O)N2CCCC2)c1. The van der Waals surface area contributed by atoms with Gasteiger partial charge in [0.25, 0.3) is 11.8 Å². The largest absolute Gasteiger partial charge is 0.434 e. The summed E-state index contributed by atoms with van der Waals surface area (Å²) in [6.45, 7) is 1.47. The minimum Gasteiger partial charge on any atom is -0.434 e. The molecule has 2 aromatic rings. The number of halogens is 2. The van der Waals surface area contributed by atoms with Gasteiger partial charge in [-0.1, -0.05) is 18.2 Å². The first-order valence-electron chi connectivity index (χ1n) is 10.8. The smallest absolute Gasteiger partial charge is 0.387 e. The molecule has 2 N–H and O–H groups in total. The Kier molecular flexibility index (Phi) is 8.02. The molecule has 33 heavy (non-hydrogen) atoms. The summed E-state index contributed by atoms with van der Waals surface area (Å²) in [5, 5.41) is 2.72. The summed E-state index contributed by atoms with van der Waals surface area (Å²) in [6, 6.07) is 7.42. The molecule has 1 aliphatic rings. The maximum atomic E-state index is 13.3. The van der Waals surface area contributed by atoms with Gasteiger partial charge in [0, 0.05) is 30.9 Å². The van der Waals surface area contributed by atoms with Crippen LogP contribution in [0.15, 0.2) is 36.5 Å². The highest BCUT2D eigenvalue weighted by Gasteiger charge is 2.25. The number of hydrogen-bond acceptors (Lipinski definition) is 4. The second kappa shape index (κ2) is 10.9. The number of alkyl halides is 2. The number of amides is 3. The molecule has 1 aromatic heterocycles. The molecular formula is C23H28F2N4O4. The van der Waals surface area contributed by atoms with Crippen LogP contribution in [0.1, 0.15) is 53.1 Å². The van der Waals surface area contributed by atoms with Crippen molar-refractivity contribution in [3.63, 3.8) is 0 Å². The number of H-pyrrole nitrogens is 1. The Hall–Kier alpha value is -3.43. The first-order valence-corrected chi connectivity index (χ1v) is 10.8. The molecule has 1 saturated heterocycles. The van der Waals surface area contributed by atoms with Gasteiger partial charge >= 0.3 is 6.61 Å². The van der Waals surface area contributed by atoms with Gasteiger partial charge in [-0.05, 0) is 38.8 Å². The molecule has 8 nitrogen and oxygen atoms in total. The van der Waals surface area contributed by atoms with Gasteiger partial charge in [0.2, 0.25) is 5.91 Å². The molecule has 10 heteroatoms. The highest BCUT2D eigenvalue weighted by Crippen LogP contribution is 2.23. The van der Waals surface area contributed by atoms with Crippen LogP contribution in [0.3, 0.4) is 0 Å². The number of nitrogens with zero attached hydrogens (tertiary/aromatic N) is 2. The van der Waals surface area contributed by atoms with Crippen LogP contribution in [0.5, 0.6) is 5.75 Å². The Bertz CT molecular complexity index is 986. The molecular weight excluding hydrogens is 434 g/mol. The third-order valence-corrected chi connectivity index (χ3v) is 5.17. The minimum absolute atomic E-state index is 0.0754. The number of ether oxygens (including phenoxy) is 1. The van der Waals surface area contributed by atoms with Crippen molar-refractivity contribution in [2.75, 3.05) is 19.6 Å². The molecule has 1 aliphatic heterocycles. The van der Waals surface area contributed by atoms with E-state index in [0.29, 0.717) is 18.7 Å². The number of para-hydroxylation sites is 1. The van der Waals surface area contributed by atoms with E-state index in [1.165, 1.54) is 23.2 Å². The van der Waals surface area contributed by atoms with Gasteiger partial charge in [0.1, 0.15) is 18.0 Å². The molecule has 2 heterocycles. The van der Waals surface area contributed by atoms with E-state index >= 15 is 0 Å². The zero-order valence-electron chi connectivity index (χ0n) is 18.6. The number of carbonyl (C=O) groups is 3. The number of rotatable bonds is 9. The van der Waals surface area contributed by atoms with E-state index in [0.717, 1.165) is 12.8 Å². The zero-order chi connectivity index (χ0) is 24.0. The molecule has 3 rings (SSSR count). The van der Waals surface area contributed by atoms with Crippen LogP contribution in [0.4, 0.5) is 8.78 Å². The summed E-state index contributed by atoms with van der Waals surface area (Å²) in [4.78, 5) is 44.1. The summed E-state index contributed by atoms with van der Waals surface area (Å²) in [6.07, 6.45) is 3.30. The molecule has 0 spiro atoms. The summed E-state index contributed by atoms with van der Waals surface area (Å²) >= 11 is 0. The van der Waals surface area contributed by atoms with Crippen molar-refractivity contribution in [1.29, 1.82) is 0 Å². The molecule has 1 fully saturated rings.